The van der Waals surface area contributed by atoms with E-state index in [1.54, 1.807) is 11.3 Å². The van der Waals surface area contributed by atoms with Gasteiger partial charge in [-0.3, -0.25) is 9.59 Å². The molecular formula is C24H31N3O2S. The molecule has 2 aliphatic rings. The van der Waals surface area contributed by atoms with Crippen LogP contribution in [0, 0.1) is 0 Å². The molecule has 1 aromatic heterocycles. The topological polar surface area (TPSA) is 53.5 Å². The summed E-state index contributed by atoms with van der Waals surface area (Å²) < 4.78 is 0. The third-order valence-corrected chi connectivity index (χ3v) is 7.46. The first kappa shape index (κ1) is 21.0. The Kier molecular flexibility index (Phi) is 6.82. The zero-order chi connectivity index (χ0) is 20.9. The van der Waals surface area contributed by atoms with Crippen LogP contribution in [0.2, 0.25) is 0 Å². The molecule has 5 nitrogen and oxygen atoms in total. The van der Waals surface area contributed by atoms with Gasteiger partial charge in [-0.15, -0.1) is 11.3 Å². The minimum Gasteiger partial charge on any atom is -0.342 e. The summed E-state index contributed by atoms with van der Waals surface area (Å²) in [6, 6.07) is 10.1. The normalized spacial score (nSPS) is 19.0. The van der Waals surface area contributed by atoms with Crippen LogP contribution in [0.3, 0.4) is 0 Å². The van der Waals surface area contributed by atoms with Gasteiger partial charge >= 0.3 is 0 Å². The largest absolute Gasteiger partial charge is 0.342 e. The number of piperidine rings is 2. The van der Waals surface area contributed by atoms with Gasteiger partial charge in [0.15, 0.2) is 0 Å². The molecular weight excluding hydrogens is 394 g/mol. The van der Waals surface area contributed by atoms with Gasteiger partial charge in [-0.25, -0.2) is 4.98 Å². The number of hydrogen-bond donors (Lipinski definition) is 0. The van der Waals surface area contributed by atoms with Crippen molar-refractivity contribution in [3.05, 3.63) is 52.0 Å². The molecule has 1 aromatic carbocycles. The minimum absolute atomic E-state index is 0.0589. The smallest absolute Gasteiger partial charge is 0.273 e. The van der Waals surface area contributed by atoms with Crippen molar-refractivity contribution in [2.75, 3.05) is 26.2 Å². The molecule has 1 unspecified atom stereocenters. The van der Waals surface area contributed by atoms with Gasteiger partial charge in [-0.2, -0.15) is 0 Å². The number of rotatable bonds is 5. The van der Waals surface area contributed by atoms with Crippen LogP contribution in [0.25, 0.3) is 0 Å². The first-order valence-electron chi connectivity index (χ1n) is 11.3. The second-order valence-electron chi connectivity index (χ2n) is 8.39. The van der Waals surface area contributed by atoms with E-state index in [4.69, 9.17) is 4.98 Å². The molecule has 160 valence electrons. The minimum atomic E-state index is -0.0589. The predicted molar refractivity (Wildman–Crippen MR) is 120 cm³/mol. The van der Waals surface area contributed by atoms with Gasteiger partial charge in [0, 0.05) is 37.5 Å². The molecule has 2 saturated heterocycles. The second-order valence-corrected chi connectivity index (χ2v) is 9.28. The van der Waals surface area contributed by atoms with E-state index in [2.05, 4.69) is 19.1 Å². The van der Waals surface area contributed by atoms with E-state index in [9.17, 15) is 9.59 Å². The fourth-order valence-electron chi connectivity index (χ4n) is 4.64. The zero-order valence-corrected chi connectivity index (χ0v) is 18.6. The quantitative estimate of drug-likeness (QED) is 0.700. The fourth-order valence-corrected chi connectivity index (χ4v) is 5.60. The fraction of sp³-hybridized carbons (Fsp3) is 0.542. The van der Waals surface area contributed by atoms with Crippen LogP contribution in [0.5, 0.6) is 0 Å². The molecule has 0 bridgehead atoms. The lowest BCUT2D eigenvalue weighted by Gasteiger charge is -2.33. The lowest BCUT2D eigenvalue weighted by atomic mass is 9.92. The van der Waals surface area contributed by atoms with Crippen molar-refractivity contribution in [3.63, 3.8) is 0 Å². The number of thiazole rings is 1. The van der Waals surface area contributed by atoms with Gasteiger partial charge < -0.3 is 9.80 Å². The summed E-state index contributed by atoms with van der Waals surface area (Å²) in [5, 5.41) is 2.98. The van der Waals surface area contributed by atoms with E-state index in [1.807, 2.05) is 33.4 Å². The SMILES string of the molecule is CCC(C(=O)N1CCC(c2nc(C(=O)N3CCCCC3)cs2)CC1)c1ccccc1. The molecule has 0 saturated carbocycles. The summed E-state index contributed by atoms with van der Waals surface area (Å²) in [6.07, 6.45) is 6.06. The predicted octanol–water partition coefficient (Wildman–Crippen LogP) is 4.67. The number of hydrogen-bond acceptors (Lipinski definition) is 4. The number of likely N-dealkylation sites (tertiary alicyclic amines) is 2. The van der Waals surface area contributed by atoms with E-state index in [0.717, 1.165) is 68.9 Å². The first-order chi connectivity index (χ1) is 14.7. The monoisotopic (exact) mass is 425 g/mol. The van der Waals surface area contributed by atoms with Gasteiger partial charge in [-0.1, -0.05) is 37.3 Å². The molecule has 0 N–H and O–H groups in total. The summed E-state index contributed by atoms with van der Waals surface area (Å²) in [5.74, 6) is 0.607. The zero-order valence-electron chi connectivity index (χ0n) is 17.8. The molecule has 3 heterocycles. The molecule has 1 atom stereocenters. The summed E-state index contributed by atoms with van der Waals surface area (Å²) in [7, 11) is 0. The van der Waals surface area contributed by atoms with Gasteiger partial charge in [0.1, 0.15) is 5.69 Å². The van der Waals surface area contributed by atoms with Crippen molar-refractivity contribution in [2.24, 2.45) is 0 Å². The standard InChI is InChI=1S/C24H31N3O2S/c1-2-20(18-9-5-3-6-10-18)23(28)27-15-11-19(12-16-27)22-25-21(17-30-22)24(29)26-13-7-4-8-14-26/h3,5-6,9-10,17,19-20H,2,4,7-8,11-16H2,1H3. The van der Waals surface area contributed by atoms with E-state index >= 15 is 0 Å². The molecule has 4 rings (SSSR count). The highest BCUT2D eigenvalue weighted by atomic mass is 32.1. The Hall–Kier alpha value is -2.21. The maximum Gasteiger partial charge on any atom is 0.273 e. The Bertz CT molecular complexity index is 852. The van der Waals surface area contributed by atoms with Crippen molar-refractivity contribution in [1.82, 2.24) is 14.8 Å². The number of carbonyl (C=O) groups excluding carboxylic acids is 2. The summed E-state index contributed by atoms with van der Waals surface area (Å²) in [4.78, 5) is 34.5. The molecule has 2 amide bonds. The average Bonchev–Trinajstić information content (AvgIpc) is 3.31. The van der Waals surface area contributed by atoms with E-state index < -0.39 is 0 Å². The Morgan fingerprint density at radius 1 is 1.03 bits per heavy atom. The van der Waals surface area contributed by atoms with Crippen molar-refractivity contribution in [3.8, 4) is 0 Å². The lowest BCUT2D eigenvalue weighted by Crippen LogP contribution is -2.40. The van der Waals surface area contributed by atoms with Crippen LogP contribution in [-0.4, -0.2) is 52.8 Å². The lowest BCUT2D eigenvalue weighted by molar-refractivity contribution is -0.134. The van der Waals surface area contributed by atoms with Crippen molar-refractivity contribution in [2.45, 2.75) is 57.3 Å². The van der Waals surface area contributed by atoms with Crippen LogP contribution in [0.4, 0.5) is 0 Å². The number of amides is 2. The Labute approximate surface area is 183 Å². The number of carbonyl (C=O) groups is 2. The van der Waals surface area contributed by atoms with Crippen LogP contribution in [-0.2, 0) is 4.79 Å². The Balaban J connectivity index is 1.35. The van der Waals surface area contributed by atoms with Gasteiger partial charge in [0.25, 0.3) is 5.91 Å². The van der Waals surface area contributed by atoms with Crippen molar-refractivity contribution in [1.29, 1.82) is 0 Å². The van der Waals surface area contributed by atoms with Gasteiger partial charge in [0.05, 0.1) is 10.9 Å². The average molecular weight is 426 g/mol. The van der Waals surface area contributed by atoms with E-state index in [1.165, 1.54) is 6.42 Å². The summed E-state index contributed by atoms with van der Waals surface area (Å²) in [5.41, 5.74) is 1.71. The highest BCUT2D eigenvalue weighted by Gasteiger charge is 2.30. The van der Waals surface area contributed by atoms with E-state index in [0.29, 0.717) is 11.6 Å². The molecule has 0 aliphatic carbocycles. The summed E-state index contributed by atoms with van der Waals surface area (Å²) >= 11 is 1.60. The highest BCUT2D eigenvalue weighted by Crippen LogP contribution is 2.32. The third-order valence-electron chi connectivity index (χ3n) is 6.45. The molecule has 0 spiro atoms. The van der Waals surface area contributed by atoms with Crippen LogP contribution in [0.15, 0.2) is 35.7 Å². The van der Waals surface area contributed by atoms with Crippen LogP contribution in [0.1, 0.15) is 78.3 Å². The second kappa shape index (κ2) is 9.73. The Morgan fingerprint density at radius 3 is 2.40 bits per heavy atom. The number of aromatic nitrogens is 1. The molecule has 2 aliphatic heterocycles. The van der Waals surface area contributed by atoms with Gasteiger partial charge in [0.2, 0.25) is 5.91 Å². The van der Waals surface area contributed by atoms with Crippen molar-refractivity contribution < 1.29 is 9.59 Å². The summed E-state index contributed by atoms with van der Waals surface area (Å²) in [6.45, 7) is 5.32. The maximum atomic E-state index is 13.1. The van der Waals surface area contributed by atoms with E-state index in [-0.39, 0.29) is 17.7 Å². The number of benzene rings is 1. The molecule has 2 aromatic rings. The van der Waals surface area contributed by atoms with Gasteiger partial charge in [-0.05, 0) is 44.1 Å². The highest BCUT2D eigenvalue weighted by molar-refractivity contribution is 7.09. The number of nitrogens with zero attached hydrogens (tertiary/aromatic N) is 3. The molecule has 2 fully saturated rings. The third kappa shape index (κ3) is 4.59. The molecule has 0 radical (unpaired) electrons. The molecule has 30 heavy (non-hydrogen) atoms. The van der Waals surface area contributed by atoms with Crippen LogP contribution < -0.4 is 0 Å². The Morgan fingerprint density at radius 2 is 1.73 bits per heavy atom. The van der Waals surface area contributed by atoms with Crippen molar-refractivity contribution >= 4 is 23.2 Å². The molecule has 6 heteroatoms. The maximum absolute atomic E-state index is 13.1. The first-order valence-corrected chi connectivity index (χ1v) is 12.1. The van der Waals surface area contributed by atoms with Crippen LogP contribution >= 0.6 is 11.3 Å².